The fraction of sp³-hybridized carbons (Fsp3) is 0.588. The summed E-state index contributed by atoms with van der Waals surface area (Å²) < 4.78 is 5.38. The number of unbranched alkanes of at least 4 members (excludes halogenated alkanes) is 1. The van der Waals surface area contributed by atoms with Gasteiger partial charge in [0.15, 0.2) is 0 Å². The van der Waals surface area contributed by atoms with Gasteiger partial charge < -0.3 is 15.4 Å². The van der Waals surface area contributed by atoms with Crippen molar-refractivity contribution < 1.29 is 9.53 Å². The minimum Gasteiger partial charge on any atom is -0.496 e. The molecule has 0 bridgehead atoms. The van der Waals surface area contributed by atoms with Gasteiger partial charge >= 0.3 is 0 Å². The van der Waals surface area contributed by atoms with Crippen LogP contribution >= 0.6 is 0 Å². The van der Waals surface area contributed by atoms with E-state index in [1.165, 1.54) is 0 Å². The average molecular weight is 290 g/mol. The summed E-state index contributed by atoms with van der Waals surface area (Å²) in [6, 6.07) is 7.85. The summed E-state index contributed by atoms with van der Waals surface area (Å²) >= 11 is 0. The normalized spacial score (nSPS) is 15.6. The number of nitrogens with two attached hydrogens (primary N) is 1. The highest BCUT2D eigenvalue weighted by molar-refractivity contribution is 5.82. The molecule has 4 heteroatoms. The standard InChI is InChI=1S/C17H26N2O2/c1-3-4-8-15(18)17(20)19(14-10-11-14)12-13-7-5-6-9-16(13)21-2/h5-7,9,14-15H,3-4,8,10-12,18H2,1-2H3/t15-/m0/s1. The van der Waals surface area contributed by atoms with Gasteiger partial charge in [0.05, 0.1) is 13.2 Å². The van der Waals surface area contributed by atoms with Crippen molar-refractivity contribution in [2.24, 2.45) is 5.73 Å². The van der Waals surface area contributed by atoms with Crippen molar-refractivity contribution in [3.8, 4) is 5.75 Å². The van der Waals surface area contributed by atoms with Crippen LogP contribution in [0, 0.1) is 0 Å². The first-order chi connectivity index (χ1) is 10.2. The van der Waals surface area contributed by atoms with Crippen LogP contribution in [0.1, 0.15) is 44.6 Å². The van der Waals surface area contributed by atoms with Crippen LogP contribution in [0.15, 0.2) is 24.3 Å². The highest BCUT2D eigenvalue weighted by atomic mass is 16.5. The van der Waals surface area contributed by atoms with Crippen molar-refractivity contribution in [2.75, 3.05) is 7.11 Å². The molecule has 1 amide bonds. The third-order valence-corrected chi connectivity index (χ3v) is 3.99. The summed E-state index contributed by atoms with van der Waals surface area (Å²) in [5.74, 6) is 0.912. The van der Waals surface area contributed by atoms with Crippen molar-refractivity contribution in [3.05, 3.63) is 29.8 Å². The summed E-state index contributed by atoms with van der Waals surface area (Å²) in [4.78, 5) is 14.5. The van der Waals surface area contributed by atoms with Crippen molar-refractivity contribution in [1.82, 2.24) is 4.90 Å². The lowest BCUT2D eigenvalue weighted by Gasteiger charge is -2.26. The minimum atomic E-state index is -0.375. The van der Waals surface area contributed by atoms with E-state index in [4.69, 9.17) is 10.5 Å². The molecule has 2 N–H and O–H groups in total. The van der Waals surface area contributed by atoms with Gasteiger partial charge in [-0.05, 0) is 25.3 Å². The number of hydrogen-bond acceptors (Lipinski definition) is 3. The molecule has 1 aromatic rings. The van der Waals surface area contributed by atoms with E-state index in [2.05, 4.69) is 6.92 Å². The van der Waals surface area contributed by atoms with Crippen LogP contribution < -0.4 is 10.5 Å². The predicted octanol–water partition coefficient (Wildman–Crippen LogP) is 2.70. The molecule has 0 saturated heterocycles. The molecular formula is C17H26N2O2. The van der Waals surface area contributed by atoms with Gasteiger partial charge in [0.2, 0.25) is 5.91 Å². The van der Waals surface area contributed by atoms with Crippen molar-refractivity contribution in [1.29, 1.82) is 0 Å². The number of para-hydroxylation sites is 1. The van der Waals surface area contributed by atoms with E-state index in [9.17, 15) is 4.79 Å². The Morgan fingerprint density at radius 1 is 1.43 bits per heavy atom. The van der Waals surface area contributed by atoms with E-state index < -0.39 is 0 Å². The largest absolute Gasteiger partial charge is 0.496 e. The maximum absolute atomic E-state index is 12.6. The van der Waals surface area contributed by atoms with Crippen LogP contribution in [0.5, 0.6) is 5.75 Å². The Bertz CT molecular complexity index is 472. The number of carbonyl (C=O) groups is 1. The quantitative estimate of drug-likeness (QED) is 0.801. The maximum atomic E-state index is 12.6. The lowest BCUT2D eigenvalue weighted by atomic mass is 10.1. The average Bonchev–Trinajstić information content (AvgIpc) is 3.34. The number of rotatable bonds is 8. The van der Waals surface area contributed by atoms with Crippen LogP contribution in [0.25, 0.3) is 0 Å². The summed E-state index contributed by atoms with van der Waals surface area (Å²) in [5.41, 5.74) is 7.12. The molecule has 1 saturated carbocycles. The SMILES string of the molecule is CCCC[C@H](N)C(=O)N(Cc1ccccc1OC)C1CC1. The molecule has 1 aliphatic rings. The fourth-order valence-electron chi connectivity index (χ4n) is 2.55. The van der Waals surface area contributed by atoms with Gasteiger partial charge in [0.25, 0.3) is 0 Å². The number of methoxy groups -OCH3 is 1. The molecule has 1 fully saturated rings. The zero-order valence-electron chi connectivity index (χ0n) is 13.0. The Morgan fingerprint density at radius 2 is 2.14 bits per heavy atom. The Labute approximate surface area is 127 Å². The van der Waals surface area contributed by atoms with Crippen LogP contribution in [-0.2, 0) is 11.3 Å². The molecule has 1 aliphatic carbocycles. The van der Waals surface area contributed by atoms with Gasteiger partial charge in [0, 0.05) is 18.2 Å². The van der Waals surface area contributed by atoms with E-state index in [1.54, 1.807) is 7.11 Å². The molecule has 0 radical (unpaired) electrons. The zero-order chi connectivity index (χ0) is 15.2. The summed E-state index contributed by atoms with van der Waals surface area (Å²) in [6.45, 7) is 2.71. The minimum absolute atomic E-state index is 0.0804. The maximum Gasteiger partial charge on any atom is 0.240 e. The molecule has 1 atom stereocenters. The summed E-state index contributed by atoms with van der Waals surface area (Å²) in [7, 11) is 1.66. The first kappa shape index (κ1) is 15.8. The number of carbonyl (C=O) groups excluding carboxylic acids is 1. The van der Waals surface area contributed by atoms with E-state index in [0.29, 0.717) is 12.6 Å². The van der Waals surface area contributed by atoms with E-state index in [1.807, 2.05) is 29.2 Å². The van der Waals surface area contributed by atoms with Crippen molar-refractivity contribution in [3.63, 3.8) is 0 Å². The van der Waals surface area contributed by atoms with E-state index in [0.717, 1.165) is 43.4 Å². The molecule has 1 aromatic carbocycles. The molecule has 0 heterocycles. The van der Waals surface area contributed by atoms with E-state index >= 15 is 0 Å². The van der Waals surface area contributed by atoms with Crippen LogP contribution in [0.4, 0.5) is 0 Å². The lowest BCUT2D eigenvalue weighted by Crippen LogP contribution is -2.44. The number of ether oxygens (including phenoxy) is 1. The predicted molar refractivity (Wildman–Crippen MR) is 84.1 cm³/mol. The first-order valence-corrected chi connectivity index (χ1v) is 7.85. The van der Waals surface area contributed by atoms with Crippen LogP contribution in [0.3, 0.4) is 0 Å². The third kappa shape index (κ3) is 4.21. The van der Waals surface area contributed by atoms with E-state index in [-0.39, 0.29) is 11.9 Å². The number of benzene rings is 1. The second kappa shape index (κ2) is 7.46. The second-order valence-electron chi connectivity index (χ2n) is 5.76. The number of amides is 1. The molecule has 4 nitrogen and oxygen atoms in total. The number of hydrogen-bond donors (Lipinski definition) is 1. The van der Waals surface area contributed by atoms with Crippen molar-refractivity contribution in [2.45, 2.75) is 57.7 Å². The smallest absolute Gasteiger partial charge is 0.240 e. The van der Waals surface area contributed by atoms with Crippen molar-refractivity contribution >= 4 is 5.91 Å². The molecule has 2 rings (SSSR count). The molecule has 0 unspecified atom stereocenters. The Kier molecular flexibility index (Phi) is 5.62. The molecule has 0 spiro atoms. The Morgan fingerprint density at radius 3 is 2.76 bits per heavy atom. The van der Waals surface area contributed by atoms with Gasteiger partial charge in [0.1, 0.15) is 5.75 Å². The van der Waals surface area contributed by atoms with Gasteiger partial charge in [-0.25, -0.2) is 0 Å². The highest BCUT2D eigenvalue weighted by Crippen LogP contribution is 2.31. The Balaban J connectivity index is 2.07. The van der Waals surface area contributed by atoms with Gasteiger partial charge in [-0.2, -0.15) is 0 Å². The highest BCUT2D eigenvalue weighted by Gasteiger charge is 2.34. The molecule has 0 aliphatic heterocycles. The van der Waals surface area contributed by atoms with Crippen LogP contribution in [0.2, 0.25) is 0 Å². The summed E-state index contributed by atoms with van der Waals surface area (Å²) in [5, 5.41) is 0. The second-order valence-corrected chi connectivity index (χ2v) is 5.76. The lowest BCUT2D eigenvalue weighted by molar-refractivity contribution is -0.134. The molecular weight excluding hydrogens is 264 g/mol. The Hall–Kier alpha value is -1.55. The third-order valence-electron chi connectivity index (χ3n) is 3.99. The van der Waals surface area contributed by atoms with Gasteiger partial charge in [-0.1, -0.05) is 38.0 Å². The summed E-state index contributed by atoms with van der Waals surface area (Å²) in [6.07, 6.45) is 5.00. The first-order valence-electron chi connectivity index (χ1n) is 7.85. The molecule has 0 aromatic heterocycles. The molecule has 21 heavy (non-hydrogen) atoms. The number of nitrogens with zero attached hydrogens (tertiary/aromatic N) is 1. The fourth-order valence-corrected chi connectivity index (χ4v) is 2.55. The van der Waals surface area contributed by atoms with Gasteiger partial charge in [-0.3, -0.25) is 4.79 Å². The van der Waals surface area contributed by atoms with Crippen LogP contribution in [-0.4, -0.2) is 30.0 Å². The topological polar surface area (TPSA) is 55.6 Å². The zero-order valence-corrected chi connectivity index (χ0v) is 13.0. The van der Waals surface area contributed by atoms with Gasteiger partial charge in [-0.15, -0.1) is 0 Å². The molecule has 116 valence electrons. The monoisotopic (exact) mass is 290 g/mol.